The van der Waals surface area contributed by atoms with E-state index in [2.05, 4.69) is 9.71 Å². The van der Waals surface area contributed by atoms with Gasteiger partial charge in [-0.15, -0.1) is 0 Å². The monoisotopic (exact) mass is 222 g/mol. The van der Waals surface area contributed by atoms with E-state index < -0.39 is 11.3 Å². The molecule has 2 rings (SSSR count). The fraction of sp³-hybridized carbons (Fsp3) is 0. The Labute approximate surface area is 89.4 Å². The fourth-order valence-electron chi connectivity index (χ4n) is 1.41. The lowest BCUT2D eigenvalue weighted by Crippen LogP contribution is -2.06. The second-order valence-corrected chi connectivity index (χ2v) is 3.72. The van der Waals surface area contributed by atoms with Gasteiger partial charge >= 0.3 is 0 Å². The Balaban J connectivity index is 2.28. The van der Waals surface area contributed by atoms with E-state index in [1.165, 1.54) is 6.20 Å². The molecule has 0 aliphatic carbocycles. The van der Waals surface area contributed by atoms with Gasteiger partial charge in [-0.1, -0.05) is 18.2 Å². The molecule has 5 heteroatoms. The van der Waals surface area contributed by atoms with E-state index in [0.717, 1.165) is 16.5 Å². The van der Waals surface area contributed by atoms with Crippen molar-refractivity contribution in [1.29, 1.82) is 0 Å². The second-order valence-electron chi connectivity index (χ2n) is 2.99. The summed E-state index contributed by atoms with van der Waals surface area (Å²) in [5.74, 6) is 0. The average Bonchev–Trinajstić information content (AvgIpc) is 2.62. The van der Waals surface area contributed by atoms with Crippen LogP contribution in [-0.4, -0.2) is 13.7 Å². The molecule has 78 valence electrons. The highest BCUT2D eigenvalue weighted by molar-refractivity contribution is 7.77. The predicted molar refractivity (Wildman–Crippen MR) is 61.2 cm³/mol. The van der Waals surface area contributed by atoms with Crippen molar-refractivity contribution < 1.29 is 8.76 Å². The molecule has 4 nitrogen and oxygen atoms in total. The van der Waals surface area contributed by atoms with E-state index in [9.17, 15) is 4.21 Å². The lowest BCUT2D eigenvalue weighted by atomic mass is 10.2. The maximum absolute atomic E-state index is 10.3. The first-order chi connectivity index (χ1) is 7.27. The maximum atomic E-state index is 10.3. The molecule has 0 bridgehead atoms. The van der Waals surface area contributed by atoms with Crippen LogP contribution in [0.2, 0.25) is 0 Å². The predicted octanol–water partition coefficient (Wildman–Crippen LogP) is 1.86. The zero-order valence-corrected chi connectivity index (χ0v) is 8.62. The average molecular weight is 222 g/mol. The van der Waals surface area contributed by atoms with Crippen molar-refractivity contribution in [2.75, 3.05) is 0 Å². The Morgan fingerprint density at radius 3 is 3.00 bits per heavy atom. The van der Waals surface area contributed by atoms with E-state index in [4.69, 9.17) is 4.55 Å². The highest BCUT2D eigenvalue weighted by atomic mass is 32.2. The van der Waals surface area contributed by atoms with Crippen LogP contribution in [0.25, 0.3) is 17.0 Å². The minimum atomic E-state index is -2.01. The SMILES string of the molecule is O=S(O)NC=Cc1c[nH]c2ccccc12. The third-order valence-corrected chi connectivity index (χ3v) is 2.39. The lowest BCUT2D eigenvalue weighted by molar-refractivity contribution is 0.558. The van der Waals surface area contributed by atoms with E-state index in [-0.39, 0.29) is 0 Å². The summed E-state index contributed by atoms with van der Waals surface area (Å²) in [6.45, 7) is 0. The van der Waals surface area contributed by atoms with E-state index in [1.807, 2.05) is 30.5 Å². The number of benzene rings is 1. The highest BCUT2D eigenvalue weighted by Crippen LogP contribution is 2.18. The minimum absolute atomic E-state index is 0.976. The first-order valence-electron chi connectivity index (χ1n) is 4.37. The zero-order valence-electron chi connectivity index (χ0n) is 7.81. The molecule has 1 atom stereocenters. The van der Waals surface area contributed by atoms with Crippen molar-refractivity contribution in [2.24, 2.45) is 0 Å². The van der Waals surface area contributed by atoms with Gasteiger partial charge in [0.2, 0.25) is 0 Å². The molecule has 0 fully saturated rings. The molecule has 0 saturated heterocycles. The van der Waals surface area contributed by atoms with Crippen molar-refractivity contribution in [3.63, 3.8) is 0 Å². The van der Waals surface area contributed by atoms with Gasteiger partial charge in [-0.25, -0.2) is 4.21 Å². The molecule has 0 amide bonds. The highest BCUT2D eigenvalue weighted by Gasteiger charge is 1.98. The second kappa shape index (κ2) is 4.29. The summed E-state index contributed by atoms with van der Waals surface area (Å²) in [6, 6.07) is 7.87. The molecular weight excluding hydrogens is 212 g/mol. The van der Waals surface area contributed by atoms with Crippen molar-refractivity contribution >= 4 is 28.2 Å². The number of aromatic nitrogens is 1. The van der Waals surface area contributed by atoms with Crippen LogP contribution < -0.4 is 4.72 Å². The van der Waals surface area contributed by atoms with Gasteiger partial charge in [0, 0.05) is 28.9 Å². The van der Waals surface area contributed by atoms with Gasteiger partial charge in [-0.3, -0.25) is 9.27 Å². The van der Waals surface area contributed by atoms with Gasteiger partial charge in [-0.05, 0) is 12.1 Å². The normalized spacial score (nSPS) is 13.4. The molecule has 15 heavy (non-hydrogen) atoms. The number of H-pyrrole nitrogens is 1. The summed E-state index contributed by atoms with van der Waals surface area (Å²) < 4.78 is 21.1. The number of rotatable bonds is 3. The van der Waals surface area contributed by atoms with Gasteiger partial charge in [0.1, 0.15) is 0 Å². The molecule has 1 aromatic heterocycles. The molecule has 3 N–H and O–H groups in total. The Morgan fingerprint density at radius 2 is 2.20 bits per heavy atom. The van der Waals surface area contributed by atoms with Crippen LogP contribution in [0.1, 0.15) is 5.56 Å². The number of para-hydroxylation sites is 1. The molecule has 1 aromatic carbocycles. The lowest BCUT2D eigenvalue weighted by Gasteiger charge is -1.91. The third-order valence-electron chi connectivity index (χ3n) is 2.05. The summed E-state index contributed by atoms with van der Waals surface area (Å²) >= 11 is -2.01. The van der Waals surface area contributed by atoms with Gasteiger partial charge < -0.3 is 4.98 Å². The van der Waals surface area contributed by atoms with Crippen LogP contribution >= 0.6 is 0 Å². The van der Waals surface area contributed by atoms with Crippen molar-refractivity contribution in [3.8, 4) is 0 Å². The van der Waals surface area contributed by atoms with Crippen LogP contribution in [0.15, 0.2) is 36.7 Å². The van der Waals surface area contributed by atoms with E-state index in [0.29, 0.717) is 0 Å². The van der Waals surface area contributed by atoms with Gasteiger partial charge in [0.25, 0.3) is 11.3 Å². The first-order valence-corrected chi connectivity index (χ1v) is 5.48. The van der Waals surface area contributed by atoms with Crippen LogP contribution in [0.3, 0.4) is 0 Å². The zero-order chi connectivity index (χ0) is 10.7. The van der Waals surface area contributed by atoms with Crippen molar-refractivity contribution in [2.45, 2.75) is 0 Å². The van der Waals surface area contributed by atoms with Crippen LogP contribution in [0.4, 0.5) is 0 Å². The Morgan fingerprint density at radius 1 is 1.40 bits per heavy atom. The smallest absolute Gasteiger partial charge is 0.258 e. The molecule has 0 spiro atoms. The Bertz CT molecular complexity index is 519. The van der Waals surface area contributed by atoms with Crippen LogP contribution in [-0.2, 0) is 11.3 Å². The summed E-state index contributed by atoms with van der Waals surface area (Å²) in [7, 11) is 0. The molecule has 1 heterocycles. The fourth-order valence-corrected chi connectivity index (χ4v) is 1.60. The van der Waals surface area contributed by atoms with Crippen molar-refractivity contribution in [3.05, 3.63) is 42.2 Å². The summed E-state index contributed by atoms with van der Waals surface area (Å²) in [5.41, 5.74) is 2.02. The summed E-state index contributed by atoms with van der Waals surface area (Å²) in [5, 5.41) is 1.08. The third kappa shape index (κ3) is 2.26. The minimum Gasteiger partial charge on any atom is -0.361 e. The number of fused-ring (bicyclic) bond motifs is 1. The largest absolute Gasteiger partial charge is 0.361 e. The van der Waals surface area contributed by atoms with E-state index in [1.54, 1.807) is 6.08 Å². The Kier molecular flexibility index (Phi) is 2.84. The van der Waals surface area contributed by atoms with E-state index >= 15 is 0 Å². The number of aromatic amines is 1. The molecule has 0 saturated carbocycles. The summed E-state index contributed by atoms with van der Waals surface area (Å²) in [6.07, 6.45) is 5.04. The molecule has 0 aliphatic rings. The number of hydrogen-bond donors (Lipinski definition) is 3. The van der Waals surface area contributed by atoms with Crippen LogP contribution in [0.5, 0.6) is 0 Å². The molecular formula is C10H10N2O2S. The molecule has 1 unspecified atom stereocenters. The molecule has 0 radical (unpaired) electrons. The Hall–Kier alpha value is -1.59. The number of nitrogens with one attached hydrogen (secondary N) is 2. The van der Waals surface area contributed by atoms with Gasteiger partial charge in [0.15, 0.2) is 0 Å². The van der Waals surface area contributed by atoms with Crippen LogP contribution in [0, 0.1) is 0 Å². The van der Waals surface area contributed by atoms with Gasteiger partial charge in [0.05, 0.1) is 0 Å². The maximum Gasteiger partial charge on any atom is 0.258 e. The molecule has 0 aliphatic heterocycles. The first kappa shape index (κ1) is 9.95. The van der Waals surface area contributed by atoms with Gasteiger partial charge in [-0.2, -0.15) is 0 Å². The molecule has 2 aromatic rings. The van der Waals surface area contributed by atoms with Crippen molar-refractivity contribution in [1.82, 2.24) is 9.71 Å². The number of hydrogen-bond acceptors (Lipinski definition) is 1. The topological polar surface area (TPSA) is 65.1 Å². The summed E-state index contributed by atoms with van der Waals surface area (Å²) in [4.78, 5) is 3.11. The standard InChI is InChI=1S/C10H10N2O2S/c13-15(14)12-6-5-8-7-11-10-4-2-1-3-9(8)10/h1-7,11-12H,(H,13,14). The quantitative estimate of drug-likeness (QED) is 0.694.